The van der Waals surface area contributed by atoms with E-state index in [1.54, 1.807) is 12.1 Å². The number of ether oxygens (including phenoxy) is 1. The zero-order valence-electron chi connectivity index (χ0n) is 15.0. The molecule has 142 valence electrons. The Labute approximate surface area is 153 Å². The van der Waals surface area contributed by atoms with Crippen LogP contribution in [-0.2, 0) is 19.7 Å². The SMILES string of the molecule is O=C(O)CC[C@H]1CCCN(C(=O)C2(c3ccc(F)cc3)CCOCC2)C1. The molecule has 5 nitrogen and oxygen atoms in total. The monoisotopic (exact) mass is 363 g/mol. The van der Waals surface area contributed by atoms with Crippen molar-refractivity contribution in [2.24, 2.45) is 5.92 Å². The van der Waals surface area contributed by atoms with E-state index in [2.05, 4.69) is 0 Å². The molecule has 26 heavy (non-hydrogen) atoms. The first kappa shape index (κ1) is 18.8. The van der Waals surface area contributed by atoms with Crippen molar-refractivity contribution in [3.63, 3.8) is 0 Å². The second-order valence-electron chi connectivity index (χ2n) is 7.39. The van der Waals surface area contributed by atoms with Crippen LogP contribution < -0.4 is 0 Å². The first-order chi connectivity index (χ1) is 12.5. The van der Waals surface area contributed by atoms with Crippen molar-refractivity contribution < 1.29 is 23.8 Å². The highest BCUT2D eigenvalue weighted by Crippen LogP contribution is 2.38. The van der Waals surface area contributed by atoms with Gasteiger partial charge in [-0.3, -0.25) is 9.59 Å². The molecule has 0 unspecified atom stereocenters. The van der Waals surface area contributed by atoms with Gasteiger partial charge in [0.05, 0.1) is 5.41 Å². The fourth-order valence-electron chi connectivity index (χ4n) is 4.23. The van der Waals surface area contributed by atoms with Crippen molar-refractivity contribution in [3.05, 3.63) is 35.6 Å². The molecule has 1 amide bonds. The fourth-order valence-corrected chi connectivity index (χ4v) is 4.23. The number of piperidine rings is 1. The van der Waals surface area contributed by atoms with Crippen LogP contribution in [0.4, 0.5) is 4.39 Å². The maximum absolute atomic E-state index is 13.5. The van der Waals surface area contributed by atoms with Crippen LogP contribution in [0.2, 0.25) is 0 Å². The number of rotatable bonds is 5. The van der Waals surface area contributed by atoms with Crippen LogP contribution in [0.3, 0.4) is 0 Å². The molecule has 0 bridgehead atoms. The quantitative estimate of drug-likeness (QED) is 0.873. The molecule has 2 heterocycles. The van der Waals surface area contributed by atoms with E-state index in [1.807, 2.05) is 4.90 Å². The van der Waals surface area contributed by atoms with Gasteiger partial charge in [-0.05, 0) is 55.7 Å². The number of carboxylic acids is 1. The Balaban J connectivity index is 1.79. The van der Waals surface area contributed by atoms with Crippen molar-refractivity contribution >= 4 is 11.9 Å². The number of hydrogen-bond acceptors (Lipinski definition) is 3. The second kappa shape index (κ2) is 8.16. The minimum Gasteiger partial charge on any atom is -0.481 e. The first-order valence-electron chi connectivity index (χ1n) is 9.36. The Morgan fingerprint density at radius 1 is 1.23 bits per heavy atom. The lowest BCUT2D eigenvalue weighted by molar-refractivity contribution is -0.143. The zero-order valence-corrected chi connectivity index (χ0v) is 15.0. The van der Waals surface area contributed by atoms with Crippen molar-refractivity contribution in [3.8, 4) is 0 Å². The Hall–Kier alpha value is -1.95. The van der Waals surface area contributed by atoms with Crippen LogP contribution in [0, 0.1) is 11.7 Å². The molecule has 2 fully saturated rings. The molecule has 1 atom stereocenters. The van der Waals surface area contributed by atoms with Gasteiger partial charge in [-0.25, -0.2) is 4.39 Å². The Morgan fingerprint density at radius 2 is 1.92 bits per heavy atom. The van der Waals surface area contributed by atoms with Gasteiger partial charge in [0.25, 0.3) is 0 Å². The van der Waals surface area contributed by atoms with Gasteiger partial charge in [-0.2, -0.15) is 0 Å². The number of hydrogen-bond donors (Lipinski definition) is 1. The number of aliphatic carboxylic acids is 1. The van der Waals surface area contributed by atoms with Crippen LogP contribution in [0.15, 0.2) is 24.3 Å². The average Bonchev–Trinajstić information content (AvgIpc) is 2.67. The van der Waals surface area contributed by atoms with Crippen molar-refractivity contribution in [1.82, 2.24) is 4.90 Å². The predicted molar refractivity (Wildman–Crippen MR) is 94.3 cm³/mol. The largest absolute Gasteiger partial charge is 0.481 e. The maximum atomic E-state index is 13.5. The smallest absolute Gasteiger partial charge is 0.303 e. The number of likely N-dealkylation sites (tertiary alicyclic amines) is 1. The molecule has 1 aromatic carbocycles. The van der Waals surface area contributed by atoms with E-state index in [0.29, 0.717) is 45.6 Å². The van der Waals surface area contributed by atoms with Crippen molar-refractivity contribution in [1.29, 1.82) is 0 Å². The molecule has 6 heteroatoms. The van der Waals surface area contributed by atoms with E-state index in [1.165, 1.54) is 12.1 Å². The molecule has 0 aliphatic carbocycles. The third kappa shape index (κ3) is 4.06. The van der Waals surface area contributed by atoms with E-state index < -0.39 is 11.4 Å². The highest BCUT2D eigenvalue weighted by molar-refractivity contribution is 5.88. The minimum absolute atomic E-state index is 0.0763. The first-order valence-corrected chi connectivity index (χ1v) is 9.36. The summed E-state index contributed by atoms with van der Waals surface area (Å²) in [5, 5.41) is 8.91. The van der Waals surface area contributed by atoms with E-state index in [4.69, 9.17) is 9.84 Å². The number of benzene rings is 1. The van der Waals surface area contributed by atoms with Gasteiger partial charge in [-0.15, -0.1) is 0 Å². The Morgan fingerprint density at radius 3 is 2.58 bits per heavy atom. The van der Waals surface area contributed by atoms with Crippen molar-refractivity contribution in [2.45, 2.75) is 43.9 Å². The molecule has 3 rings (SSSR count). The lowest BCUT2D eigenvalue weighted by Crippen LogP contribution is -2.52. The topological polar surface area (TPSA) is 66.8 Å². The number of halogens is 1. The lowest BCUT2D eigenvalue weighted by Gasteiger charge is -2.42. The van der Waals surface area contributed by atoms with E-state index >= 15 is 0 Å². The van der Waals surface area contributed by atoms with Crippen LogP contribution in [0.25, 0.3) is 0 Å². The molecule has 0 aromatic heterocycles. The molecular formula is C20H26FNO4. The number of carbonyl (C=O) groups is 2. The minimum atomic E-state index is -0.791. The van der Waals surface area contributed by atoms with Crippen LogP contribution in [0.5, 0.6) is 0 Å². The summed E-state index contributed by atoms with van der Waals surface area (Å²) in [6.45, 7) is 2.33. The summed E-state index contributed by atoms with van der Waals surface area (Å²) in [7, 11) is 0. The summed E-state index contributed by atoms with van der Waals surface area (Å²) < 4.78 is 18.9. The number of nitrogens with zero attached hydrogens (tertiary/aromatic N) is 1. The molecule has 1 aromatic rings. The second-order valence-corrected chi connectivity index (χ2v) is 7.39. The number of carboxylic acid groups (broad SMARTS) is 1. The van der Waals surface area contributed by atoms with E-state index in [0.717, 1.165) is 18.4 Å². The third-order valence-electron chi connectivity index (χ3n) is 5.73. The van der Waals surface area contributed by atoms with Gasteiger partial charge in [0, 0.05) is 32.7 Å². The van der Waals surface area contributed by atoms with Gasteiger partial charge >= 0.3 is 5.97 Å². The number of amides is 1. The molecule has 0 spiro atoms. The highest BCUT2D eigenvalue weighted by atomic mass is 19.1. The van der Waals surface area contributed by atoms with E-state index in [9.17, 15) is 14.0 Å². The number of carbonyl (C=O) groups excluding carboxylic acids is 1. The summed E-state index contributed by atoms with van der Waals surface area (Å²) in [6.07, 6.45) is 3.78. The van der Waals surface area contributed by atoms with Gasteiger partial charge in [0.2, 0.25) is 5.91 Å². The average molecular weight is 363 g/mol. The summed E-state index contributed by atoms with van der Waals surface area (Å²) in [6, 6.07) is 6.24. The standard InChI is InChI=1S/C20H26FNO4/c21-17-6-4-16(5-7-17)20(9-12-26-13-10-20)19(25)22-11-1-2-15(14-22)3-8-18(23)24/h4-7,15H,1-3,8-14H2,(H,23,24)/t15-/m1/s1. The van der Waals surface area contributed by atoms with Crippen molar-refractivity contribution in [2.75, 3.05) is 26.3 Å². The van der Waals surface area contributed by atoms with Crippen LogP contribution in [-0.4, -0.2) is 48.2 Å². The van der Waals surface area contributed by atoms with Gasteiger partial charge in [0.1, 0.15) is 5.82 Å². The molecule has 2 aliphatic heterocycles. The third-order valence-corrected chi connectivity index (χ3v) is 5.73. The van der Waals surface area contributed by atoms with Gasteiger partial charge in [0.15, 0.2) is 0 Å². The molecular weight excluding hydrogens is 337 g/mol. The van der Waals surface area contributed by atoms with Gasteiger partial charge < -0.3 is 14.7 Å². The van der Waals surface area contributed by atoms with Crippen LogP contribution >= 0.6 is 0 Å². The molecule has 0 radical (unpaired) electrons. The van der Waals surface area contributed by atoms with E-state index in [-0.39, 0.29) is 24.1 Å². The fraction of sp³-hybridized carbons (Fsp3) is 0.600. The normalized spacial score (nSPS) is 22.8. The summed E-state index contributed by atoms with van der Waals surface area (Å²) >= 11 is 0. The Bertz CT molecular complexity index is 640. The van der Waals surface area contributed by atoms with Gasteiger partial charge in [-0.1, -0.05) is 12.1 Å². The maximum Gasteiger partial charge on any atom is 0.303 e. The molecule has 2 saturated heterocycles. The van der Waals surface area contributed by atoms with Crippen LogP contribution in [0.1, 0.15) is 44.1 Å². The summed E-state index contributed by atoms with van der Waals surface area (Å²) in [5.74, 6) is -0.794. The highest BCUT2D eigenvalue weighted by Gasteiger charge is 2.44. The summed E-state index contributed by atoms with van der Waals surface area (Å²) in [4.78, 5) is 26.2. The summed E-state index contributed by atoms with van der Waals surface area (Å²) in [5.41, 5.74) is 0.181. The lowest BCUT2D eigenvalue weighted by atomic mass is 9.72. The predicted octanol–water partition coefficient (Wildman–Crippen LogP) is 2.98. The zero-order chi connectivity index (χ0) is 18.6. The Kier molecular flexibility index (Phi) is 5.91. The molecule has 2 aliphatic rings. The molecule has 1 N–H and O–H groups in total. The molecule has 0 saturated carbocycles.